The highest BCUT2D eigenvalue weighted by Crippen LogP contribution is 2.23. The van der Waals surface area contributed by atoms with Gasteiger partial charge < -0.3 is 15.5 Å². The quantitative estimate of drug-likeness (QED) is 0.542. The van der Waals surface area contributed by atoms with Crippen molar-refractivity contribution in [1.82, 2.24) is 5.32 Å². The van der Waals surface area contributed by atoms with Gasteiger partial charge in [0.25, 0.3) is 5.91 Å². The standard InChI is InChI=1S/C13H19N3O2/c1-2-18-12-7-11(8-12)15-13(17)9-3-5-10(16-14)6-4-9/h3-6,11-12,16H,2,7-8,14H2,1H3,(H,15,17). The number of anilines is 1. The number of nitrogens with two attached hydrogens (primary N) is 1. The average Bonchev–Trinajstić information content (AvgIpc) is 2.36. The molecular formula is C13H19N3O2. The molecule has 0 radical (unpaired) electrons. The smallest absolute Gasteiger partial charge is 0.251 e. The predicted molar refractivity (Wildman–Crippen MR) is 70.2 cm³/mol. The Morgan fingerprint density at radius 2 is 2.06 bits per heavy atom. The lowest BCUT2D eigenvalue weighted by Gasteiger charge is -2.35. The van der Waals surface area contributed by atoms with Gasteiger partial charge in [0.2, 0.25) is 0 Å². The molecule has 1 aromatic carbocycles. The summed E-state index contributed by atoms with van der Waals surface area (Å²) in [5.74, 6) is 5.22. The number of hydrogen-bond donors (Lipinski definition) is 3. The van der Waals surface area contributed by atoms with Crippen molar-refractivity contribution in [2.45, 2.75) is 31.9 Å². The minimum Gasteiger partial charge on any atom is -0.378 e. The number of nitrogen functional groups attached to an aromatic ring is 1. The zero-order chi connectivity index (χ0) is 13.0. The Balaban J connectivity index is 1.81. The molecule has 0 aromatic heterocycles. The fourth-order valence-corrected chi connectivity index (χ4v) is 2.04. The van der Waals surface area contributed by atoms with Crippen LogP contribution in [0.5, 0.6) is 0 Å². The van der Waals surface area contributed by atoms with E-state index in [4.69, 9.17) is 10.6 Å². The zero-order valence-corrected chi connectivity index (χ0v) is 10.5. The number of hydrazine groups is 1. The summed E-state index contributed by atoms with van der Waals surface area (Å²) >= 11 is 0. The molecule has 0 bridgehead atoms. The second-order valence-corrected chi connectivity index (χ2v) is 4.44. The third kappa shape index (κ3) is 3.00. The molecule has 0 spiro atoms. The number of carbonyl (C=O) groups excluding carboxylic acids is 1. The van der Waals surface area contributed by atoms with Crippen LogP contribution in [0.4, 0.5) is 5.69 Å². The van der Waals surface area contributed by atoms with Gasteiger partial charge in [0.05, 0.1) is 6.10 Å². The molecule has 4 N–H and O–H groups in total. The number of rotatable bonds is 5. The molecule has 2 rings (SSSR count). The predicted octanol–water partition coefficient (Wildman–Crippen LogP) is 1.27. The summed E-state index contributed by atoms with van der Waals surface area (Å²) in [6.07, 6.45) is 2.12. The molecule has 1 amide bonds. The van der Waals surface area contributed by atoms with Crippen LogP contribution in [0.15, 0.2) is 24.3 Å². The van der Waals surface area contributed by atoms with E-state index in [1.54, 1.807) is 24.3 Å². The Labute approximate surface area is 107 Å². The van der Waals surface area contributed by atoms with Crippen LogP contribution in [-0.2, 0) is 4.74 Å². The summed E-state index contributed by atoms with van der Waals surface area (Å²) in [4.78, 5) is 11.9. The monoisotopic (exact) mass is 249 g/mol. The van der Waals surface area contributed by atoms with Crippen molar-refractivity contribution in [3.05, 3.63) is 29.8 Å². The first kappa shape index (κ1) is 12.9. The lowest BCUT2D eigenvalue weighted by molar-refractivity contribution is -0.00862. The maximum Gasteiger partial charge on any atom is 0.251 e. The minimum absolute atomic E-state index is 0.0430. The van der Waals surface area contributed by atoms with Crippen LogP contribution in [-0.4, -0.2) is 24.7 Å². The van der Waals surface area contributed by atoms with Crippen LogP contribution in [0, 0.1) is 0 Å². The fourth-order valence-electron chi connectivity index (χ4n) is 2.04. The van der Waals surface area contributed by atoms with Crippen LogP contribution in [0.3, 0.4) is 0 Å². The van der Waals surface area contributed by atoms with Gasteiger partial charge in [0, 0.05) is 23.9 Å². The molecule has 1 aliphatic rings. The van der Waals surface area contributed by atoms with Gasteiger partial charge in [-0.25, -0.2) is 0 Å². The maximum atomic E-state index is 11.9. The van der Waals surface area contributed by atoms with Crippen molar-refractivity contribution in [3.8, 4) is 0 Å². The van der Waals surface area contributed by atoms with Gasteiger partial charge in [0.15, 0.2) is 0 Å². The molecule has 18 heavy (non-hydrogen) atoms. The molecular weight excluding hydrogens is 230 g/mol. The van der Waals surface area contributed by atoms with Crippen molar-refractivity contribution in [1.29, 1.82) is 0 Å². The molecule has 0 heterocycles. The van der Waals surface area contributed by atoms with Gasteiger partial charge in [-0.05, 0) is 44.0 Å². The van der Waals surface area contributed by atoms with Gasteiger partial charge in [-0.2, -0.15) is 0 Å². The first-order chi connectivity index (χ1) is 8.72. The third-order valence-corrected chi connectivity index (χ3v) is 3.15. The van der Waals surface area contributed by atoms with Crippen LogP contribution in [0.1, 0.15) is 30.1 Å². The molecule has 98 valence electrons. The topological polar surface area (TPSA) is 76.4 Å². The first-order valence-corrected chi connectivity index (χ1v) is 6.22. The molecule has 1 fully saturated rings. The van der Waals surface area contributed by atoms with E-state index < -0.39 is 0 Å². The Morgan fingerprint density at radius 3 is 2.61 bits per heavy atom. The van der Waals surface area contributed by atoms with E-state index in [-0.39, 0.29) is 11.9 Å². The number of carbonyl (C=O) groups is 1. The molecule has 0 saturated heterocycles. The van der Waals surface area contributed by atoms with Crippen molar-refractivity contribution >= 4 is 11.6 Å². The molecule has 1 aromatic rings. The average molecular weight is 249 g/mol. The maximum absolute atomic E-state index is 11.9. The van der Waals surface area contributed by atoms with E-state index >= 15 is 0 Å². The molecule has 1 aliphatic carbocycles. The molecule has 0 unspecified atom stereocenters. The summed E-state index contributed by atoms with van der Waals surface area (Å²) in [6.45, 7) is 2.72. The Bertz CT molecular complexity index is 399. The Kier molecular flexibility index (Phi) is 4.17. The van der Waals surface area contributed by atoms with Crippen LogP contribution >= 0.6 is 0 Å². The Morgan fingerprint density at radius 1 is 1.39 bits per heavy atom. The van der Waals surface area contributed by atoms with Gasteiger partial charge in [-0.15, -0.1) is 0 Å². The second kappa shape index (κ2) is 5.84. The van der Waals surface area contributed by atoms with Crippen molar-refractivity contribution in [3.63, 3.8) is 0 Å². The van der Waals surface area contributed by atoms with Gasteiger partial charge in [-0.1, -0.05) is 0 Å². The SMILES string of the molecule is CCOC1CC(NC(=O)c2ccc(NN)cc2)C1. The Hall–Kier alpha value is -1.59. The number of nitrogens with one attached hydrogen (secondary N) is 2. The second-order valence-electron chi connectivity index (χ2n) is 4.44. The highest BCUT2D eigenvalue weighted by atomic mass is 16.5. The summed E-state index contributed by atoms with van der Waals surface area (Å²) in [7, 11) is 0. The number of ether oxygens (including phenoxy) is 1. The van der Waals surface area contributed by atoms with E-state index in [1.165, 1.54) is 0 Å². The van der Waals surface area contributed by atoms with Gasteiger partial charge >= 0.3 is 0 Å². The van der Waals surface area contributed by atoms with Crippen molar-refractivity contribution in [2.24, 2.45) is 5.84 Å². The van der Waals surface area contributed by atoms with Gasteiger partial charge in [0.1, 0.15) is 0 Å². The van der Waals surface area contributed by atoms with Crippen LogP contribution in [0.2, 0.25) is 0 Å². The lowest BCUT2D eigenvalue weighted by atomic mass is 9.89. The van der Waals surface area contributed by atoms with E-state index in [0.717, 1.165) is 25.1 Å². The van der Waals surface area contributed by atoms with E-state index in [0.29, 0.717) is 11.7 Å². The first-order valence-electron chi connectivity index (χ1n) is 6.22. The summed E-state index contributed by atoms with van der Waals surface area (Å²) in [5.41, 5.74) is 3.96. The van der Waals surface area contributed by atoms with E-state index in [2.05, 4.69) is 10.7 Å². The molecule has 1 saturated carbocycles. The summed E-state index contributed by atoms with van der Waals surface area (Å²) in [6, 6.07) is 7.30. The number of benzene rings is 1. The molecule has 0 atom stereocenters. The summed E-state index contributed by atoms with van der Waals surface area (Å²) in [5, 5.41) is 2.99. The van der Waals surface area contributed by atoms with E-state index in [1.807, 2.05) is 6.92 Å². The van der Waals surface area contributed by atoms with Gasteiger partial charge in [-0.3, -0.25) is 10.6 Å². The number of hydrogen-bond acceptors (Lipinski definition) is 4. The van der Waals surface area contributed by atoms with Crippen LogP contribution in [0.25, 0.3) is 0 Å². The van der Waals surface area contributed by atoms with Crippen molar-refractivity contribution < 1.29 is 9.53 Å². The molecule has 0 aliphatic heterocycles. The summed E-state index contributed by atoms with van der Waals surface area (Å²) < 4.78 is 5.45. The molecule has 5 nitrogen and oxygen atoms in total. The zero-order valence-electron chi connectivity index (χ0n) is 10.5. The molecule has 5 heteroatoms. The van der Waals surface area contributed by atoms with Crippen LogP contribution < -0.4 is 16.6 Å². The largest absolute Gasteiger partial charge is 0.378 e. The minimum atomic E-state index is -0.0430. The highest BCUT2D eigenvalue weighted by molar-refractivity contribution is 5.94. The lowest BCUT2D eigenvalue weighted by Crippen LogP contribution is -2.47. The highest BCUT2D eigenvalue weighted by Gasteiger charge is 2.30. The number of amides is 1. The normalized spacial score (nSPS) is 22.1. The fraction of sp³-hybridized carbons (Fsp3) is 0.462. The van der Waals surface area contributed by atoms with Crippen molar-refractivity contribution in [2.75, 3.05) is 12.0 Å². The van der Waals surface area contributed by atoms with E-state index in [9.17, 15) is 4.79 Å². The third-order valence-electron chi connectivity index (χ3n) is 3.15.